The largest absolute Gasteiger partial charge is 0.478 e. The summed E-state index contributed by atoms with van der Waals surface area (Å²) >= 11 is 0. The lowest BCUT2D eigenvalue weighted by molar-refractivity contribution is 0.00658. The predicted molar refractivity (Wildman–Crippen MR) is 79.8 cm³/mol. The molecule has 0 saturated heterocycles. The van der Waals surface area contributed by atoms with E-state index < -0.39 is 5.97 Å². The van der Waals surface area contributed by atoms with Crippen LogP contribution in [0.15, 0.2) is 18.2 Å². The predicted octanol–water partition coefficient (Wildman–Crippen LogP) is 3.04. The number of carboxylic acid groups (broad SMARTS) is 1. The Hall–Kier alpha value is -1.88. The first-order valence-corrected chi connectivity index (χ1v) is 7.41. The van der Waals surface area contributed by atoms with Gasteiger partial charge in [-0.15, -0.1) is 0 Å². The van der Waals surface area contributed by atoms with Crippen molar-refractivity contribution in [3.63, 3.8) is 0 Å². The molecule has 5 nitrogen and oxygen atoms in total. The third kappa shape index (κ3) is 2.31. The molecular weight excluding hydrogens is 268 g/mol. The van der Waals surface area contributed by atoms with Crippen molar-refractivity contribution in [3.8, 4) is 0 Å². The van der Waals surface area contributed by atoms with Gasteiger partial charge in [0.05, 0.1) is 17.2 Å². The highest BCUT2D eigenvalue weighted by molar-refractivity contribution is 6.01. The highest BCUT2D eigenvalue weighted by Gasteiger charge is 2.33. The van der Waals surface area contributed by atoms with Crippen LogP contribution in [0.25, 0.3) is 11.0 Å². The van der Waals surface area contributed by atoms with Gasteiger partial charge in [0.1, 0.15) is 11.3 Å². The molecule has 0 unspecified atom stereocenters. The molecule has 1 aliphatic rings. The van der Waals surface area contributed by atoms with Crippen molar-refractivity contribution in [1.29, 1.82) is 0 Å². The number of aryl methyl sites for hydroxylation is 1. The number of benzene rings is 1. The molecule has 5 heteroatoms. The SMILES string of the molecule is CCCc1nc2c(C(=O)O)cccc2n1C1CC(OC)C1. The van der Waals surface area contributed by atoms with Crippen LogP contribution in [-0.2, 0) is 11.2 Å². The number of rotatable bonds is 5. The van der Waals surface area contributed by atoms with Crippen LogP contribution in [0.5, 0.6) is 0 Å². The van der Waals surface area contributed by atoms with E-state index >= 15 is 0 Å². The number of hydrogen-bond donors (Lipinski definition) is 1. The smallest absolute Gasteiger partial charge is 0.337 e. The number of aromatic nitrogens is 2. The van der Waals surface area contributed by atoms with E-state index in [0.29, 0.717) is 17.7 Å². The molecule has 2 aromatic rings. The topological polar surface area (TPSA) is 64.3 Å². The third-order valence-electron chi connectivity index (χ3n) is 4.27. The zero-order valence-corrected chi connectivity index (χ0v) is 12.4. The van der Waals surface area contributed by atoms with Crippen LogP contribution in [0.3, 0.4) is 0 Å². The summed E-state index contributed by atoms with van der Waals surface area (Å²) in [6, 6.07) is 5.75. The Balaban J connectivity index is 2.10. The summed E-state index contributed by atoms with van der Waals surface area (Å²) in [5.74, 6) is 0.0671. The minimum absolute atomic E-state index is 0.284. The lowest BCUT2D eigenvalue weighted by atomic mass is 9.88. The van der Waals surface area contributed by atoms with Crippen molar-refractivity contribution in [1.82, 2.24) is 9.55 Å². The van der Waals surface area contributed by atoms with Gasteiger partial charge in [0, 0.05) is 19.6 Å². The van der Waals surface area contributed by atoms with Crippen molar-refractivity contribution in [3.05, 3.63) is 29.6 Å². The van der Waals surface area contributed by atoms with Crippen molar-refractivity contribution in [2.24, 2.45) is 0 Å². The molecule has 1 aliphatic carbocycles. The van der Waals surface area contributed by atoms with Gasteiger partial charge in [0.2, 0.25) is 0 Å². The van der Waals surface area contributed by atoms with Gasteiger partial charge in [-0.05, 0) is 31.4 Å². The minimum Gasteiger partial charge on any atom is -0.478 e. The Labute approximate surface area is 123 Å². The molecule has 0 aliphatic heterocycles. The Kier molecular flexibility index (Phi) is 3.68. The molecule has 0 amide bonds. The third-order valence-corrected chi connectivity index (χ3v) is 4.27. The van der Waals surface area contributed by atoms with Gasteiger partial charge >= 0.3 is 5.97 Å². The highest BCUT2D eigenvalue weighted by Crippen LogP contribution is 2.38. The van der Waals surface area contributed by atoms with Crippen LogP contribution >= 0.6 is 0 Å². The summed E-state index contributed by atoms with van der Waals surface area (Å²) < 4.78 is 7.58. The summed E-state index contributed by atoms with van der Waals surface area (Å²) in [6.45, 7) is 2.11. The first-order valence-electron chi connectivity index (χ1n) is 7.41. The van der Waals surface area contributed by atoms with E-state index in [1.807, 2.05) is 6.07 Å². The van der Waals surface area contributed by atoms with E-state index in [-0.39, 0.29) is 5.56 Å². The minimum atomic E-state index is -0.920. The molecule has 1 aromatic heterocycles. The molecule has 1 saturated carbocycles. The van der Waals surface area contributed by atoms with E-state index in [1.54, 1.807) is 19.2 Å². The molecule has 1 fully saturated rings. The van der Waals surface area contributed by atoms with Crippen molar-refractivity contribution < 1.29 is 14.6 Å². The summed E-state index contributed by atoms with van der Waals surface area (Å²) in [5, 5.41) is 9.33. The van der Waals surface area contributed by atoms with Crippen molar-refractivity contribution in [2.75, 3.05) is 7.11 Å². The Morgan fingerprint density at radius 3 is 2.86 bits per heavy atom. The summed E-state index contributed by atoms with van der Waals surface area (Å²) in [5.41, 5.74) is 1.82. The zero-order valence-electron chi connectivity index (χ0n) is 12.4. The fraction of sp³-hybridized carbons (Fsp3) is 0.500. The Morgan fingerprint density at radius 2 is 2.24 bits per heavy atom. The van der Waals surface area contributed by atoms with Crippen LogP contribution in [-0.4, -0.2) is 33.8 Å². The summed E-state index contributed by atoms with van der Waals surface area (Å²) in [7, 11) is 1.74. The first kappa shape index (κ1) is 14.1. The second-order valence-electron chi connectivity index (χ2n) is 5.61. The van der Waals surface area contributed by atoms with Gasteiger partial charge in [-0.2, -0.15) is 0 Å². The fourth-order valence-electron chi connectivity index (χ4n) is 3.09. The van der Waals surface area contributed by atoms with E-state index in [1.165, 1.54) is 0 Å². The molecule has 1 aromatic carbocycles. The maximum Gasteiger partial charge on any atom is 0.337 e. The molecular formula is C16H20N2O3. The zero-order chi connectivity index (χ0) is 15.0. The summed E-state index contributed by atoms with van der Waals surface area (Å²) in [6.07, 6.45) is 4.10. The van der Waals surface area contributed by atoms with Gasteiger partial charge in [-0.25, -0.2) is 9.78 Å². The van der Waals surface area contributed by atoms with Crippen molar-refractivity contribution in [2.45, 2.75) is 44.8 Å². The van der Waals surface area contributed by atoms with Crippen LogP contribution in [0.1, 0.15) is 48.4 Å². The van der Waals surface area contributed by atoms with E-state index in [2.05, 4.69) is 16.5 Å². The molecule has 0 atom stereocenters. The maximum atomic E-state index is 11.4. The number of imidazole rings is 1. The van der Waals surface area contributed by atoms with E-state index in [4.69, 9.17) is 4.74 Å². The molecule has 1 N–H and O–H groups in total. The number of hydrogen-bond acceptors (Lipinski definition) is 3. The van der Waals surface area contributed by atoms with Gasteiger partial charge in [0.15, 0.2) is 0 Å². The molecule has 0 bridgehead atoms. The number of methoxy groups -OCH3 is 1. The number of carbonyl (C=O) groups is 1. The van der Waals surface area contributed by atoms with Crippen LogP contribution in [0.2, 0.25) is 0 Å². The summed E-state index contributed by atoms with van der Waals surface area (Å²) in [4.78, 5) is 16.0. The highest BCUT2D eigenvalue weighted by atomic mass is 16.5. The maximum absolute atomic E-state index is 11.4. The monoisotopic (exact) mass is 288 g/mol. The van der Waals surface area contributed by atoms with Crippen LogP contribution in [0.4, 0.5) is 0 Å². The molecule has 21 heavy (non-hydrogen) atoms. The van der Waals surface area contributed by atoms with Crippen LogP contribution < -0.4 is 0 Å². The number of para-hydroxylation sites is 1. The van der Waals surface area contributed by atoms with E-state index in [0.717, 1.165) is 37.0 Å². The average Bonchev–Trinajstić information content (AvgIpc) is 2.76. The average molecular weight is 288 g/mol. The van der Waals surface area contributed by atoms with Crippen molar-refractivity contribution >= 4 is 17.0 Å². The Morgan fingerprint density at radius 1 is 1.48 bits per heavy atom. The Bertz CT molecular complexity index is 671. The van der Waals surface area contributed by atoms with Gasteiger partial charge in [0.25, 0.3) is 0 Å². The normalized spacial score (nSPS) is 21.4. The van der Waals surface area contributed by atoms with Crippen LogP contribution in [0, 0.1) is 0 Å². The number of aromatic carboxylic acids is 1. The lowest BCUT2D eigenvalue weighted by Gasteiger charge is -2.36. The standard InChI is InChI=1S/C16H20N2O3/c1-3-5-14-17-15-12(16(19)20)6-4-7-13(15)18(14)10-8-11(9-10)21-2/h4,6-7,10-11H,3,5,8-9H2,1-2H3,(H,19,20). The number of nitrogens with zero attached hydrogens (tertiary/aromatic N) is 2. The number of ether oxygens (including phenoxy) is 1. The fourth-order valence-corrected chi connectivity index (χ4v) is 3.09. The second kappa shape index (κ2) is 5.48. The van der Waals surface area contributed by atoms with Gasteiger partial charge in [-0.3, -0.25) is 0 Å². The second-order valence-corrected chi connectivity index (χ2v) is 5.61. The molecule has 0 radical (unpaired) electrons. The molecule has 3 rings (SSSR count). The first-order chi connectivity index (χ1) is 10.2. The molecule has 0 spiro atoms. The quantitative estimate of drug-likeness (QED) is 0.918. The molecule has 112 valence electrons. The van der Waals surface area contributed by atoms with Gasteiger partial charge < -0.3 is 14.4 Å². The number of carboxylic acids is 1. The van der Waals surface area contributed by atoms with Gasteiger partial charge in [-0.1, -0.05) is 13.0 Å². The lowest BCUT2D eigenvalue weighted by Crippen LogP contribution is -2.33. The van der Waals surface area contributed by atoms with E-state index in [9.17, 15) is 9.90 Å². The number of fused-ring (bicyclic) bond motifs is 1. The molecule has 1 heterocycles.